The van der Waals surface area contributed by atoms with Gasteiger partial charge in [-0.15, -0.1) is 0 Å². The molecule has 2 aliphatic rings. The highest BCUT2D eigenvalue weighted by Gasteiger charge is 2.34. The summed E-state index contributed by atoms with van der Waals surface area (Å²) in [6, 6.07) is 13.6. The molecule has 0 saturated carbocycles. The minimum Gasteiger partial charge on any atom is -0.486 e. The Morgan fingerprint density at radius 2 is 1.82 bits per heavy atom. The van der Waals surface area contributed by atoms with Crippen LogP contribution < -0.4 is 9.47 Å². The number of carbonyl (C=O) groups excluding carboxylic acids is 1. The van der Waals surface area contributed by atoms with Crippen LogP contribution in [0.1, 0.15) is 30.9 Å². The van der Waals surface area contributed by atoms with Crippen molar-refractivity contribution in [3.8, 4) is 17.6 Å². The van der Waals surface area contributed by atoms with Gasteiger partial charge in [0.25, 0.3) is 0 Å². The second kappa shape index (κ2) is 9.81. The first kappa shape index (κ1) is 23.1. The normalized spacial score (nSPS) is 16.7. The van der Waals surface area contributed by atoms with Gasteiger partial charge in [-0.2, -0.15) is 9.57 Å². The van der Waals surface area contributed by atoms with Crippen molar-refractivity contribution in [2.24, 2.45) is 5.92 Å². The molecule has 9 heteroatoms. The maximum absolute atomic E-state index is 13.3. The molecule has 8 nitrogen and oxygen atoms in total. The maximum atomic E-state index is 13.3. The van der Waals surface area contributed by atoms with Crippen molar-refractivity contribution < 1.29 is 22.7 Å². The molecular weight excluding hydrogens is 442 g/mol. The Kier molecular flexibility index (Phi) is 6.86. The molecule has 0 spiro atoms. The number of ether oxygens (including phenoxy) is 2. The zero-order chi connectivity index (χ0) is 23.4. The summed E-state index contributed by atoms with van der Waals surface area (Å²) >= 11 is 0. The van der Waals surface area contributed by atoms with E-state index in [0.717, 1.165) is 5.56 Å². The highest BCUT2D eigenvalue weighted by Crippen LogP contribution is 2.35. The van der Waals surface area contributed by atoms with Gasteiger partial charge in [-0.3, -0.25) is 4.79 Å². The van der Waals surface area contributed by atoms with E-state index >= 15 is 0 Å². The second-order valence-electron chi connectivity index (χ2n) is 8.11. The predicted octanol–water partition coefficient (Wildman–Crippen LogP) is 2.78. The number of nitrogens with zero attached hydrogens (tertiary/aromatic N) is 3. The van der Waals surface area contributed by atoms with Crippen LogP contribution in [0.15, 0.2) is 47.4 Å². The lowest BCUT2D eigenvalue weighted by atomic mass is 9.96. The van der Waals surface area contributed by atoms with Gasteiger partial charge in [-0.25, -0.2) is 8.42 Å². The number of para-hydroxylation sites is 1. The Balaban J connectivity index is 1.40. The molecule has 2 heterocycles. The van der Waals surface area contributed by atoms with Crippen LogP contribution in [0, 0.1) is 17.2 Å². The molecule has 2 aliphatic heterocycles. The van der Waals surface area contributed by atoms with Crippen LogP contribution in [0.4, 0.5) is 0 Å². The fraction of sp³-hybridized carbons (Fsp3) is 0.417. The molecule has 0 unspecified atom stereocenters. The van der Waals surface area contributed by atoms with Crippen molar-refractivity contribution in [2.45, 2.75) is 31.2 Å². The summed E-state index contributed by atoms with van der Waals surface area (Å²) < 4.78 is 38.8. The van der Waals surface area contributed by atoms with Crippen LogP contribution in [0.5, 0.6) is 11.5 Å². The van der Waals surface area contributed by atoms with E-state index in [0.29, 0.717) is 56.2 Å². The lowest BCUT2D eigenvalue weighted by Gasteiger charge is -2.33. The summed E-state index contributed by atoms with van der Waals surface area (Å²) in [6.45, 7) is 4.48. The number of sulfonamides is 1. The van der Waals surface area contributed by atoms with Crippen LogP contribution in [-0.2, 0) is 21.4 Å². The lowest BCUT2D eigenvalue weighted by molar-refractivity contribution is -0.137. The maximum Gasteiger partial charge on any atom is 0.243 e. The van der Waals surface area contributed by atoms with Gasteiger partial charge in [0.15, 0.2) is 11.5 Å². The Labute approximate surface area is 194 Å². The number of rotatable bonds is 6. The first-order chi connectivity index (χ1) is 15.9. The van der Waals surface area contributed by atoms with Crippen LogP contribution in [0.3, 0.4) is 0 Å². The highest BCUT2D eigenvalue weighted by molar-refractivity contribution is 7.89. The Morgan fingerprint density at radius 1 is 1.12 bits per heavy atom. The summed E-state index contributed by atoms with van der Waals surface area (Å²) in [5.41, 5.74) is 1.32. The van der Waals surface area contributed by atoms with E-state index in [2.05, 4.69) is 0 Å². The van der Waals surface area contributed by atoms with Crippen molar-refractivity contribution in [3.63, 3.8) is 0 Å². The van der Waals surface area contributed by atoms with E-state index in [1.54, 1.807) is 4.90 Å². The highest BCUT2D eigenvalue weighted by atomic mass is 32.2. The fourth-order valence-corrected chi connectivity index (χ4v) is 5.73. The molecule has 0 N–H and O–H groups in total. The van der Waals surface area contributed by atoms with Crippen molar-refractivity contribution in [2.75, 3.05) is 32.8 Å². The third-order valence-electron chi connectivity index (χ3n) is 6.13. The van der Waals surface area contributed by atoms with Gasteiger partial charge < -0.3 is 14.4 Å². The third-order valence-corrected chi connectivity index (χ3v) is 8.04. The van der Waals surface area contributed by atoms with Gasteiger partial charge in [0.05, 0.1) is 16.5 Å². The van der Waals surface area contributed by atoms with Gasteiger partial charge in [-0.1, -0.05) is 12.1 Å². The first-order valence-electron chi connectivity index (χ1n) is 11.1. The van der Waals surface area contributed by atoms with Crippen LogP contribution >= 0.6 is 0 Å². The SMILES string of the molecule is CCN(Cc1cccc2c1OCCO2)C(=O)C1CCN(S(=O)(=O)c2ccc(C#N)cc2)CC1. The summed E-state index contributed by atoms with van der Waals surface area (Å²) in [7, 11) is -3.65. The van der Waals surface area contributed by atoms with Gasteiger partial charge in [-0.05, 0) is 50.1 Å². The Hall–Kier alpha value is -3.09. The zero-order valence-electron chi connectivity index (χ0n) is 18.6. The molecule has 1 fully saturated rings. The molecular formula is C24H27N3O5S. The molecule has 1 amide bonds. The van der Waals surface area contributed by atoms with Crippen LogP contribution in [0.2, 0.25) is 0 Å². The van der Waals surface area contributed by atoms with Gasteiger partial charge in [0.2, 0.25) is 15.9 Å². The minimum absolute atomic E-state index is 0.0299. The second-order valence-corrected chi connectivity index (χ2v) is 10.0. The van der Waals surface area contributed by atoms with Gasteiger partial charge in [0, 0.05) is 37.7 Å². The molecule has 1 saturated heterocycles. The topological polar surface area (TPSA) is 99.9 Å². The largest absolute Gasteiger partial charge is 0.486 e. The number of hydrogen-bond donors (Lipinski definition) is 0. The summed E-state index contributed by atoms with van der Waals surface area (Å²) in [6.07, 6.45) is 0.939. The van der Waals surface area contributed by atoms with E-state index in [1.807, 2.05) is 31.2 Å². The smallest absolute Gasteiger partial charge is 0.243 e. The molecule has 0 aromatic heterocycles. The van der Waals surface area contributed by atoms with Crippen molar-refractivity contribution in [1.29, 1.82) is 5.26 Å². The van der Waals surface area contributed by atoms with Crippen LogP contribution in [0.25, 0.3) is 0 Å². The monoisotopic (exact) mass is 469 g/mol. The van der Waals surface area contributed by atoms with E-state index in [-0.39, 0.29) is 29.8 Å². The first-order valence-corrected chi connectivity index (χ1v) is 12.5. The average Bonchev–Trinajstić information content (AvgIpc) is 2.87. The zero-order valence-corrected chi connectivity index (χ0v) is 19.4. The predicted molar refractivity (Wildman–Crippen MR) is 121 cm³/mol. The number of carbonyl (C=O) groups is 1. The quantitative estimate of drug-likeness (QED) is 0.645. The van der Waals surface area contributed by atoms with Crippen LogP contribution in [-0.4, -0.2) is 56.4 Å². The molecule has 174 valence electrons. The number of amides is 1. The number of fused-ring (bicyclic) bond motifs is 1. The van der Waals surface area contributed by atoms with Gasteiger partial charge in [0.1, 0.15) is 13.2 Å². The van der Waals surface area contributed by atoms with E-state index in [1.165, 1.54) is 28.6 Å². The molecule has 0 radical (unpaired) electrons. The molecule has 4 rings (SSSR count). The van der Waals surface area contributed by atoms with Crippen molar-refractivity contribution >= 4 is 15.9 Å². The van der Waals surface area contributed by atoms with E-state index < -0.39 is 10.0 Å². The molecule has 0 aliphatic carbocycles. The molecule has 2 aromatic rings. The molecule has 0 bridgehead atoms. The standard InChI is InChI=1S/C24H27N3O5S/c1-2-26(17-20-4-3-5-22-23(20)32-15-14-31-22)24(28)19-10-12-27(13-11-19)33(29,30)21-8-6-18(16-25)7-9-21/h3-9,19H,2,10-15,17H2,1H3. The Bertz CT molecular complexity index is 1150. The molecule has 33 heavy (non-hydrogen) atoms. The fourth-order valence-electron chi connectivity index (χ4n) is 4.26. The molecule has 2 aromatic carbocycles. The number of piperidine rings is 1. The third kappa shape index (κ3) is 4.82. The molecule has 0 atom stereocenters. The summed E-state index contributed by atoms with van der Waals surface area (Å²) in [5.74, 6) is 1.19. The lowest BCUT2D eigenvalue weighted by Crippen LogP contribution is -2.44. The van der Waals surface area contributed by atoms with Crippen molar-refractivity contribution in [1.82, 2.24) is 9.21 Å². The number of nitriles is 1. The summed E-state index contributed by atoms with van der Waals surface area (Å²) in [4.78, 5) is 15.2. The Morgan fingerprint density at radius 3 is 2.48 bits per heavy atom. The van der Waals surface area contributed by atoms with E-state index in [4.69, 9.17) is 14.7 Å². The summed E-state index contributed by atoms with van der Waals surface area (Å²) in [5, 5.41) is 8.92. The average molecular weight is 470 g/mol. The van der Waals surface area contributed by atoms with Crippen molar-refractivity contribution in [3.05, 3.63) is 53.6 Å². The minimum atomic E-state index is -3.65. The van der Waals surface area contributed by atoms with Gasteiger partial charge >= 0.3 is 0 Å². The number of benzene rings is 2. The van der Waals surface area contributed by atoms with E-state index in [9.17, 15) is 13.2 Å². The number of hydrogen-bond acceptors (Lipinski definition) is 6.